The average molecular weight is 378 g/mol. The molecule has 0 saturated heterocycles. The molecule has 7 nitrogen and oxygen atoms in total. The summed E-state index contributed by atoms with van der Waals surface area (Å²) >= 11 is 1.06. The van der Waals surface area contributed by atoms with E-state index in [9.17, 15) is 13.2 Å². The zero-order valence-electron chi connectivity index (χ0n) is 12.9. The SMILES string of the molecule is O=C(CNS(=O)(=O)c1cccs1)OCc1ncc(-c2ccccc2)o1. The van der Waals surface area contributed by atoms with Gasteiger partial charge in [0.1, 0.15) is 10.8 Å². The van der Waals surface area contributed by atoms with Crippen LogP contribution in [0.3, 0.4) is 0 Å². The van der Waals surface area contributed by atoms with Crippen molar-refractivity contribution >= 4 is 27.3 Å². The van der Waals surface area contributed by atoms with Crippen LogP contribution in [-0.2, 0) is 26.2 Å². The van der Waals surface area contributed by atoms with Gasteiger partial charge in [-0.15, -0.1) is 11.3 Å². The maximum atomic E-state index is 11.9. The fourth-order valence-electron chi connectivity index (χ4n) is 1.95. The van der Waals surface area contributed by atoms with Crippen molar-refractivity contribution in [2.24, 2.45) is 0 Å². The number of hydrogen-bond acceptors (Lipinski definition) is 7. The third kappa shape index (κ3) is 4.53. The van der Waals surface area contributed by atoms with E-state index in [1.54, 1.807) is 11.4 Å². The second-order valence-corrected chi connectivity index (χ2v) is 7.84. The molecule has 3 aromatic rings. The molecule has 1 aromatic carbocycles. The van der Waals surface area contributed by atoms with Gasteiger partial charge in [0, 0.05) is 5.56 Å². The van der Waals surface area contributed by atoms with Gasteiger partial charge >= 0.3 is 5.97 Å². The number of esters is 1. The van der Waals surface area contributed by atoms with Crippen LogP contribution in [0.25, 0.3) is 11.3 Å². The van der Waals surface area contributed by atoms with Crippen molar-refractivity contribution in [2.45, 2.75) is 10.8 Å². The largest absolute Gasteiger partial charge is 0.455 e. The fourth-order valence-corrected chi connectivity index (χ4v) is 3.95. The van der Waals surface area contributed by atoms with Gasteiger partial charge < -0.3 is 9.15 Å². The molecule has 25 heavy (non-hydrogen) atoms. The van der Waals surface area contributed by atoms with Gasteiger partial charge in [0.05, 0.1) is 6.20 Å². The van der Waals surface area contributed by atoms with Crippen LogP contribution in [0.4, 0.5) is 0 Å². The normalized spacial score (nSPS) is 11.4. The van der Waals surface area contributed by atoms with Crippen molar-refractivity contribution in [1.29, 1.82) is 0 Å². The van der Waals surface area contributed by atoms with Crippen molar-refractivity contribution in [3.05, 3.63) is 59.9 Å². The molecule has 0 spiro atoms. The Labute approximate surface area is 148 Å². The zero-order chi connectivity index (χ0) is 17.7. The van der Waals surface area contributed by atoms with E-state index in [1.165, 1.54) is 12.3 Å². The van der Waals surface area contributed by atoms with Crippen molar-refractivity contribution in [1.82, 2.24) is 9.71 Å². The standard InChI is InChI=1S/C16H14N2O5S2/c19-15(10-18-25(20,21)16-7-4-8-24-16)22-11-14-17-9-13(23-14)12-5-2-1-3-6-12/h1-9,18H,10-11H2. The molecule has 0 fully saturated rings. The Bertz CT molecular complexity index is 934. The molecular weight excluding hydrogens is 364 g/mol. The van der Waals surface area contributed by atoms with Crippen LogP contribution in [0.5, 0.6) is 0 Å². The minimum Gasteiger partial charge on any atom is -0.455 e. The van der Waals surface area contributed by atoms with E-state index >= 15 is 0 Å². The zero-order valence-corrected chi connectivity index (χ0v) is 14.5. The fraction of sp³-hybridized carbons (Fsp3) is 0.125. The second-order valence-electron chi connectivity index (χ2n) is 4.90. The molecule has 0 aliphatic carbocycles. The number of nitrogens with zero attached hydrogens (tertiary/aromatic N) is 1. The number of sulfonamides is 1. The lowest BCUT2D eigenvalue weighted by molar-refractivity contribution is -0.144. The molecule has 3 rings (SSSR count). The number of carbonyl (C=O) groups excluding carboxylic acids is 1. The number of aromatic nitrogens is 1. The lowest BCUT2D eigenvalue weighted by Gasteiger charge is -2.04. The molecule has 130 valence electrons. The third-order valence-corrected chi connectivity index (χ3v) is 5.93. The molecule has 0 unspecified atom stereocenters. The first-order valence-electron chi connectivity index (χ1n) is 7.23. The monoisotopic (exact) mass is 378 g/mol. The lowest BCUT2D eigenvalue weighted by Crippen LogP contribution is -2.30. The molecule has 0 amide bonds. The summed E-state index contributed by atoms with van der Waals surface area (Å²) < 4.78 is 36.6. The topological polar surface area (TPSA) is 98.5 Å². The van der Waals surface area contributed by atoms with Crippen LogP contribution in [0.2, 0.25) is 0 Å². The quantitative estimate of drug-likeness (QED) is 0.634. The van der Waals surface area contributed by atoms with Gasteiger partial charge in [0.15, 0.2) is 12.4 Å². The molecular formula is C16H14N2O5S2. The van der Waals surface area contributed by atoms with Gasteiger partial charge in [-0.1, -0.05) is 36.4 Å². The maximum absolute atomic E-state index is 11.9. The third-order valence-electron chi connectivity index (χ3n) is 3.13. The number of oxazole rings is 1. The Morgan fingerprint density at radius 2 is 2.00 bits per heavy atom. The second kappa shape index (κ2) is 7.60. The van der Waals surface area contributed by atoms with E-state index in [4.69, 9.17) is 9.15 Å². The van der Waals surface area contributed by atoms with Gasteiger partial charge in [-0.3, -0.25) is 4.79 Å². The Morgan fingerprint density at radius 3 is 2.72 bits per heavy atom. The number of rotatable bonds is 7. The molecule has 0 bridgehead atoms. The number of carbonyl (C=O) groups is 1. The molecule has 2 aromatic heterocycles. The highest BCUT2D eigenvalue weighted by Crippen LogP contribution is 2.20. The van der Waals surface area contributed by atoms with Crippen molar-refractivity contribution in [3.8, 4) is 11.3 Å². The maximum Gasteiger partial charge on any atom is 0.321 e. The molecule has 0 atom stereocenters. The smallest absolute Gasteiger partial charge is 0.321 e. The summed E-state index contributed by atoms with van der Waals surface area (Å²) in [4.78, 5) is 15.7. The first-order chi connectivity index (χ1) is 12.0. The minimum absolute atomic E-state index is 0.139. The highest BCUT2D eigenvalue weighted by Gasteiger charge is 2.17. The summed E-state index contributed by atoms with van der Waals surface area (Å²) in [5.41, 5.74) is 0.858. The van der Waals surface area contributed by atoms with E-state index in [0.29, 0.717) is 5.76 Å². The molecule has 2 heterocycles. The summed E-state index contributed by atoms with van der Waals surface area (Å²) in [7, 11) is -3.70. The summed E-state index contributed by atoms with van der Waals surface area (Å²) in [6.45, 7) is -0.640. The molecule has 0 saturated carbocycles. The van der Waals surface area contributed by atoms with Crippen LogP contribution in [0.1, 0.15) is 5.89 Å². The van der Waals surface area contributed by atoms with E-state index in [2.05, 4.69) is 9.71 Å². The van der Waals surface area contributed by atoms with Gasteiger partial charge in [-0.05, 0) is 11.4 Å². The van der Waals surface area contributed by atoms with E-state index in [0.717, 1.165) is 16.9 Å². The van der Waals surface area contributed by atoms with Gasteiger partial charge in [-0.2, -0.15) is 4.72 Å². The number of hydrogen-bond donors (Lipinski definition) is 1. The summed E-state index contributed by atoms with van der Waals surface area (Å²) in [6.07, 6.45) is 1.54. The van der Waals surface area contributed by atoms with Gasteiger partial charge in [0.25, 0.3) is 10.0 Å². The predicted molar refractivity (Wildman–Crippen MR) is 91.2 cm³/mol. The van der Waals surface area contributed by atoms with Crippen LogP contribution >= 0.6 is 11.3 Å². The van der Waals surface area contributed by atoms with Crippen molar-refractivity contribution in [2.75, 3.05) is 6.54 Å². The lowest BCUT2D eigenvalue weighted by atomic mass is 10.2. The first kappa shape index (κ1) is 17.3. The van der Waals surface area contributed by atoms with E-state index in [-0.39, 0.29) is 16.7 Å². The molecule has 9 heteroatoms. The van der Waals surface area contributed by atoms with E-state index < -0.39 is 22.5 Å². The van der Waals surface area contributed by atoms with Gasteiger partial charge in [-0.25, -0.2) is 13.4 Å². The molecule has 0 aliphatic heterocycles. The Morgan fingerprint density at radius 1 is 1.20 bits per heavy atom. The number of nitrogens with one attached hydrogen (secondary N) is 1. The Hall–Kier alpha value is -2.49. The summed E-state index contributed by atoms with van der Waals surface area (Å²) in [6, 6.07) is 12.4. The number of benzene rings is 1. The summed E-state index contributed by atoms with van der Waals surface area (Å²) in [5.74, 6) is 0.0676. The molecule has 1 N–H and O–H groups in total. The summed E-state index contributed by atoms with van der Waals surface area (Å²) in [5, 5.41) is 1.64. The van der Waals surface area contributed by atoms with Crippen LogP contribution in [0, 0.1) is 0 Å². The molecule has 0 aliphatic rings. The molecule has 0 radical (unpaired) electrons. The number of ether oxygens (including phenoxy) is 1. The van der Waals surface area contributed by atoms with Crippen LogP contribution < -0.4 is 4.72 Å². The van der Waals surface area contributed by atoms with E-state index in [1.807, 2.05) is 30.3 Å². The predicted octanol–water partition coefficient (Wildman–Crippen LogP) is 2.42. The number of thiophene rings is 1. The highest BCUT2D eigenvalue weighted by molar-refractivity contribution is 7.91. The Kier molecular flexibility index (Phi) is 5.27. The van der Waals surface area contributed by atoms with Crippen molar-refractivity contribution in [3.63, 3.8) is 0 Å². The minimum atomic E-state index is -3.70. The van der Waals surface area contributed by atoms with Crippen LogP contribution in [0.15, 0.2) is 62.7 Å². The first-order valence-corrected chi connectivity index (χ1v) is 9.60. The van der Waals surface area contributed by atoms with Crippen molar-refractivity contribution < 1.29 is 22.4 Å². The van der Waals surface area contributed by atoms with Crippen LogP contribution in [-0.4, -0.2) is 25.9 Å². The highest BCUT2D eigenvalue weighted by atomic mass is 32.2. The Balaban J connectivity index is 1.51. The van der Waals surface area contributed by atoms with Gasteiger partial charge in [0.2, 0.25) is 5.89 Å². The average Bonchev–Trinajstić information content (AvgIpc) is 3.31.